The van der Waals surface area contributed by atoms with E-state index in [-0.39, 0.29) is 0 Å². The van der Waals surface area contributed by atoms with Gasteiger partial charge in [-0.2, -0.15) is 0 Å². The minimum Gasteiger partial charge on any atom is -0.143 e. The summed E-state index contributed by atoms with van der Waals surface area (Å²) in [4.78, 5) is 1.07. The van der Waals surface area contributed by atoms with Gasteiger partial charge < -0.3 is 0 Å². The van der Waals surface area contributed by atoms with E-state index in [9.17, 15) is 0 Å². The zero-order chi connectivity index (χ0) is 6.85. The highest BCUT2D eigenvalue weighted by molar-refractivity contribution is 7.80. The topological polar surface area (TPSA) is 0 Å². The van der Waals surface area contributed by atoms with E-state index >= 15 is 0 Å². The molecule has 1 aromatic rings. The van der Waals surface area contributed by atoms with Gasteiger partial charge in [-0.15, -0.1) is 12.6 Å². The normalized spacial score (nSPS) is 9.67. The van der Waals surface area contributed by atoms with Gasteiger partial charge in [-0.25, -0.2) is 0 Å². The zero-order valence-electron chi connectivity index (χ0n) is 5.68. The molecule has 0 aliphatic rings. The summed E-state index contributed by atoms with van der Waals surface area (Å²) in [5, 5.41) is 0. The van der Waals surface area contributed by atoms with Crippen molar-refractivity contribution in [3.8, 4) is 0 Å². The van der Waals surface area contributed by atoms with Gasteiger partial charge in [-0.1, -0.05) is 17.7 Å². The number of thiol groups is 1. The van der Waals surface area contributed by atoms with Crippen molar-refractivity contribution in [3.63, 3.8) is 0 Å². The fourth-order valence-electron chi connectivity index (χ4n) is 0.805. The summed E-state index contributed by atoms with van der Waals surface area (Å²) >= 11 is 4.25. The Hall–Kier alpha value is -0.430. The Morgan fingerprint density at radius 2 is 1.89 bits per heavy atom. The highest BCUT2D eigenvalue weighted by Crippen LogP contribution is 2.13. The van der Waals surface area contributed by atoms with Gasteiger partial charge in [0.1, 0.15) is 0 Å². The third kappa shape index (κ3) is 1.49. The molecule has 1 rings (SSSR count). The predicted octanol–water partition coefficient (Wildman–Crippen LogP) is 2.59. The first-order valence-electron chi connectivity index (χ1n) is 2.96. The molecule has 0 amide bonds. The summed E-state index contributed by atoms with van der Waals surface area (Å²) in [5.41, 5.74) is 2.55. The van der Waals surface area contributed by atoms with Crippen LogP contribution in [0.25, 0.3) is 0 Å². The van der Waals surface area contributed by atoms with Crippen molar-refractivity contribution in [2.24, 2.45) is 0 Å². The molecular formula is C8H10S. The Kier molecular flexibility index (Phi) is 1.81. The summed E-state index contributed by atoms with van der Waals surface area (Å²) in [6.45, 7) is 4.15. The minimum atomic E-state index is 1.07. The molecule has 9 heavy (non-hydrogen) atoms. The molecule has 0 nitrogen and oxygen atoms in total. The molecule has 0 atom stereocenters. The van der Waals surface area contributed by atoms with E-state index in [1.807, 2.05) is 6.07 Å². The van der Waals surface area contributed by atoms with E-state index in [1.54, 1.807) is 0 Å². The maximum atomic E-state index is 4.25. The molecule has 0 aliphatic heterocycles. The van der Waals surface area contributed by atoms with Gasteiger partial charge in [0.25, 0.3) is 0 Å². The molecular weight excluding hydrogens is 128 g/mol. The second-order valence-electron chi connectivity index (χ2n) is 2.29. The summed E-state index contributed by atoms with van der Waals surface area (Å²) in [6, 6.07) is 6.21. The molecule has 0 bridgehead atoms. The monoisotopic (exact) mass is 138 g/mol. The predicted molar refractivity (Wildman–Crippen MR) is 43.2 cm³/mol. The average Bonchev–Trinajstić information content (AvgIpc) is 1.80. The second kappa shape index (κ2) is 2.44. The average molecular weight is 138 g/mol. The highest BCUT2D eigenvalue weighted by Gasteiger charge is 1.89. The molecule has 0 fully saturated rings. The van der Waals surface area contributed by atoms with Crippen molar-refractivity contribution in [2.45, 2.75) is 18.7 Å². The summed E-state index contributed by atoms with van der Waals surface area (Å²) in [6.07, 6.45) is 0. The fourth-order valence-corrected chi connectivity index (χ4v) is 0.944. The molecule has 0 spiro atoms. The Bertz CT molecular complexity index is 216. The maximum absolute atomic E-state index is 4.25. The van der Waals surface area contributed by atoms with Crippen molar-refractivity contribution in [1.29, 1.82) is 0 Å². The van der Waals surface area contributed by atoms with Crippen LogP contribution in [-0.4, -0.2) is 0 Å². The SMILES string of the molecule is Cc1ccc(S)c(C)c1. The van der Waals surface area contributed by atoms with Crippen molar-refractivity contribution in [3.05, 3.63) is 29.3 Å². The third-order valence-electron chi connectivity index (χ3n) is 1.35. The van der Waals surface area contributed by atoms with E-state index in [2.05, 4.69) is 38.6 Å². The maximum Gasteiger partial charge on any atom is 0.00694 e. The fraction of sp³-hybridized carbons (Fsp3) is 0.250. The number of hydrogen-bond donors (Lipinski definition) is 1. The lowest BCUT2D eigenvalue weighted by atomic mass is 10.2. The molecule has 0 radical (unpaired) electrons. The minimum absolute atomic E-state index is 1.07. The second-order valence-corrected chi connectivity index (χ2v) is 2.77. The molecule has 0 saturated heterocycles. The number of rotatable bonds is 0. The Balaban J connectivity index is 3.17. The van der Waals surface area contributed by atoms with Gasteiger partial charge in [0.15, 0.2) is 0 Å². The van der Waals surface area contributed by atoms with Gasteiger partial charge in [-0.3, -0.25) is 0 Å². The lowest BCUT2D eigenvalue weighted by molar-refractivity contribution is 1.27. The van der Waals surface area contributed by atoms with Crippen LogP contribution in [0.3, 0.4) is 0 Å². The number of aryl methyl sites for hydroxylation is 2. The quantitative estimate of drug-likeness (QED) is 0.523. The molecule has 48 valence electrons. The van der Waals surface area contributed by atoms with Gasteiger partial charge in [0, 0.05) is 4.90 Å². The van der Waals surface area contributed by atoms with Gasteiger partial charge in [0.2, 0.25) is 0 Å². The first kappa shape index (κ1) is 6.69. The Labute approximate surface area is 61.3 Å². The standard InChI is InChI=1S/C8H10S/c1-6-3-4-8(9)7(2)5-6/h3-5,9H,1-2H3. The largest absolute Gasteiger partial charge is 0.143 e. The van der Waals surface area contributed by atoms with E-state index in [4.69, 9.17) is 0 Å². The molecule has 1 aromatic carbocycles. The smallest absolute Gasteiger partial charge is 0.00694 e. The van der Waals surface area contributed by atoms with Crippen LogP contribution in [0.2, 0.25) is 0 Å². The van der Waals surface area contributed by atoms with Crippen LogP contribution in [0, 0.1) is 13.8 Å². The van der Waals surface area contributed by atoms with Crippen LogP contribution in [0.5, 0.6) is 0 Å². The lowest BCUT2D eigenvalue weighted by Gasteiger charge is -1.97. The molecule has 1 heteroatoms. The van der Waals surface area contributed by atoms with E-state index < -0.39 is 0 Å². The van der Waals surface area contributed by atoms with Gasteiger partial charge in [0.05, 0.1) is 0 Å². The molecule has 0 heterocycles. The van der Waals surface area contributed by atoms with Crippen molar-refractivity contribution in [2.75, 3.05) is 0 Å². The van der Waals surface area contributed by atoms with Crippen LogP contribution in [0.15, 0.2) is 23.1 Å². The highest BCUT2D eigenvalue weighted by atomic mass is 32.1. The number of benzene rings is 1. The van der Waals surface area contributed by atoms with Crippen molar-refractivity contribution >= 4 is 12.6 Å². The van der Waals surface area contributed by atoms with Crippen LogP contribution in [-0.2, 0) is 0 Å². The van der Waals surface area contributed by atoms with E-state index in [0.717, 1.165) is 4.90 Å². The van der Waals surface area contributed by atoms with Crippen molar-refractivity contribution < 1.29 is 0 Å². The first-order valence-corrected chi connectivity index (χ1v) is 3.41. The Morgan fingerprint density at radius 3 is 2.33 bits per heavy atom. The summed E-state index contributed by atoms with van der Waals surface area (Å²) in [5.74, 6) is 0. The third-order valence-corrected chi connectivity index (χ3v) is 1.85. The summed E-state index contributed by atoms with van der Waals surface area (Å²) < 4.78 is 0. The van der Waals surface area contributed by atoms with E-state index in [1.165, 1.54) is 11.1 Å². The molecule has 0 N–H and O–H groups in total. The summed E-state index contributed by atoms with van der Waals surface area (Å²) in [7, 11) is 0. The molecule has 0 aromatic heterocycles. The Morgan fingerprint density at radius 1 is 1.22 bits per heavy atom. The number of hydrogen-bond acceptors (Lipinski definition) is 1. The van der Waals surface area contributed by atoms with Crippen LogP contribution < -0.4 is 0 Å². The lowest BCUT2D eigenvalue weighted by Crippen LogP contribution is -1.76. The van der Waals surface area contributed by atoms with Crippen LogP contribution in [0.4, 0.5) is 0 Å². The van der Waals surface area contributed by atoms with Crippen LogP contribution in [0.1, 0.15) is 11.1 Å². The first-order chi connectivity index (χ1) is 4.20. The molecule has 0 aliphatic carbocycles. The van der Waals surface area contributed by atoms with Gasteiger partial charge in [-0.05, 0) is 25.5 Å². The molecule has 0 unspecified atom stereocenters. The molecule has 0 saturated carbocycles. The zero-order valence-corrected chi connectivity index (χ0v) is 6.57. The van der Waals surface area contributed by atoms with Crippen molar-refractivity contribution in [1.82, 2.24) is 0 Å². The van der Waals surface area contributed by atoms with Crippen LogP contribution >= 0.6 is 12.6 Å². The van der Waals surface area contributed by atoms with Gasteiger partial charge >= 0.3 is 0 Å². The van der Waals surface area contributed by atoms with E-state index in [0.29, 0.717) is 0 Å².